The second kappa shape index (κ2) is 9.00. The largest absolute Gasteiger partial charge is 0.317 e. The van der Waals surface area contributed by atoms with Gasteiger partial charge in [0.05, 0.1) is 0 Å². The van der Waals surface area contributed by atoms with E-state index < -0.39 is 0 Å². The predicted molar refractivity (Wildman–Crippen MR) is 71.9 cm³/mol. The Hall–Kier alpha value is -0.0800. The van der Waals surface area contributed by atoms with E-state index in [-0.39, 0.29) is 0 Å². The summed E-state index contributed by atoms with van der Waals surface area (Å²) < 4.78 is 0. The first-order valence-electron chi connectivity index (χ1n) is 7.18. The average molecular weight is 226 g/mol. The van der Waals surface area contributed by atoms with Crippen molar-refractivity contribution in [2.45, 2.75) is 63.8 Å². The molecule has 1 saturated heterocycles. The summed E-state index contributed by atoms with van der Waals surface area (Å²) >= 11 is 0. The van der Waals surface area contributed by atoms with Gasteiger partial charge in [0.1, 0.15) is 0 Å². The van der Waals surface area contributed by atoms with Crippen molar-refractivity contribution < 1.29 is 0 Å². The van der Waals surface area contributed by atoms with Crippen molar-refractivity contribution >= 4 is 0 Å². The third kappa shape index (κ3) is 6.49. The zero-order chi connectivity index (χ0) is 11.6. The lowest BCUT2D eigenvalue weighted by Crippen LogP contribution is -2.24. The minimum absolute atomic E-state index is 0.776. The molecule has 1 fully saturated rings. The summed E-state index contributed by atoms with van der Waals surface area (Å²) in [5.74, 6) is 0. The van der Waals surface area contributed by atoms with Crippen molar-refractivity contribution in [2.75, 3.05) is 27.2 Å². The van der Waals surface area contributed by atoms with Crippen LogP contribution in [0, 0.1) is 0 Å². The molecular weight excluding hydrogens is 196 g/mol. The highest BCUT2D eigenvalue weighted by molar-refractivity contribution is 4.66. The SMILES string of the molecule is CNC1CCCCCCN(C)CCCCC1. The van der Waals surface area contributed by atoms with E-state index in [0.29, 0.717) is 0 Å². The summed E-state index contributed by atoms with van der Waals surface area (Å²) in [4.78, 5) is 2.51. The zero-order valence-electron chi connectivity index (χ0n) is 11.3. The Morgan fingerprint density at radius 3 is 1.88 bits per heavy atom. The molecule has 1 aliphatic heterocycles. The Morgan fingerprint density at radius 1 is 0.812 bits per heavy atom. The quantitative estimate of drug-likeness (QED) is 0.739. The second-order valence-electron chi connectivity index (χ2n) is 5.34. The van der Waals surface area contributed by atoms with Gasteiger partial charge in [-0.3, -0.25) is 0 Å². The maximum absolute atomic E-state index is 3.47. The van der Waals surface area contributed by atoms with Gasteiger partial charge in [-0.25, -0.2) is 0 Å². The lowest BCUT2D eigenvalue weighted by Gasteiger charge is -2.16. The second-order valence-corrected chi connectivity index (χ2v) is 5.34. The lowest BCUT2D eigenvalue weighted by atomic mass is 10.0. The van der Waals surface area contributed by atoms with Gasteiger partial charge in [0.25, 0.3) is 0 Å². The first kappa shape index (κ1) is 14.0. The molecule has 0 amide bonds. The van der Waals surface area contributed by atoms with Gasteiger partial charge in [-0.2, -0.15) is 0 Å². The van der Waals surface area contributed by atoms with Gasteiger partial charge in [-0.05, 0) is 52.9 Å². The van der Waals surface area contributed by atoms with Crippen molar-refractivity contribution in [1.29, 1.82) is 0 Å². The summed E-state index contributed by atoms with van der Waals surface area (Å²) in [6.07, 6.45) is 12.6. The molecule has 2 heteroatoms. The van der Waals surface area contributed by atoms with Gasteiger partial charge in [-0.1, -0.05) is 32.1 Å². The van der Waals surface area contributed by atoms with E-state index in [0.717, 1.165) is 6.04 Å². The maximum atomic E-state index is 3.47. The lowest BCUT2D eigenvalue weighted by molar-refractivity contribution is 0.316. The highest BCUT2D eigenvalue weighted by Gasteiger charge is 2.07. The molecule has 0 aromatic rings. The third-order valence-corrected chi connectivity index (χ3v) is 3.84. The fraction of sp³-hybridized carbons (Fsp3) is 1.00. The van der Waals surface area contributed by atoms with E-state index in [4.69, 9.17) is 0 Å². The van der Waals surface area contributed by atoms with Crippen LogP contribution in [0.5, 0.6) is 0 Å². The monoisotopic (exact) mass is 226 g/mol. The Balaban J connectivity index is 2.25. The normalized spacial score (nSPS) is 27.8. The molecule has 0 aromatic heterocycles. The highest BCUT2D eigenvalue weighted by Crippen LogP contribution is 2.13. The molecule has 0 aliphatic carbocycles. The summed E-state index contributed by atoms with van der Waals surface area (Å²) in [6, 6.07) is 0.776. The van der Waals surface area contributed by atoms with Crippen LogP contribution in [-0.2, 0) is 0 Å². The smallest absolute Gasteiger partial charge is 0.00640 e. The van der Waals surface area contributed by atoms with Crippen LogP contribution in [0.3, 0.4) is 0 Å². The van der Waals surface area contributed by atoms with Gasteiger partial charge >= 0.3 is 0 Å². The molecule has 1 unspecified atom stereocenters. The third-order valence-electron chi connectivity index (χ3n) is 3.84. The van der Waals surface area contributed by atoms with Crippen molar-refractivity contribution in [3.63, 3.8) is 0 Å². The molecule has 0 spiro atoms. The Morgan fingerprint density at radius 2 is 1.31 bits per heavy atom. The summed E-state index contributed by atoms with van der Waals surface area (Å²) in [5.41, 5.74) is 0. The van der Waals surface area contributed by atoms with E-state index in [2.05, 4.69) is 24.3 Å². The predicted octanol–water partition coefficient (Wildman–Crippen LogP) is 3.03. The zero-order valence-corrected chi connectivity index (χ0v) is 11.3. The minimum atomic E-state index is 0.776. The summed E-state index contributed by atoms with van der Waals surface area (Å²) in [7, 11) is 4.40. The minimum Gasteiger partial charge on any atom is -0.317 e. The van der Waals surface area contributed by atoms with Crippen LogP contribution < -0.4 is 5.32 Å². The molecule has 0 saturated carbocycles. The molecule has 2 nitrogen and oxygen atoms in total. The van der Waals surface area contributed by atoms with Crippen molar-refractivity contribution in [3.8, 4) is 0 Å². The van der Waals surface area contributed by atoms with Crippen LogP contribution in [0.25, 0.3) is 0 Å². The van der Waals surface area contributed by atoms with Crippen molar-refractivity contribution in [1.82, 2.24) is 10.2 Å². The molecule has 16 heavy (non-hydrogen) atoms. The number of rotatable bonds is 1. The van der Waals surface area contributed by atoms with Crippen LogP contribution in [0.2, 0.25) is 0 Å². The standard InChI is InChI=1S/C14H30N2/c1-15-14-10-6-3-4-8-12-16(2)13-9-5-7-11-14/h14-15H,3-13H2,1-2H3. The summed E-state index contributed by atoms with van der Waals surface area (Å²) in [5, 5.41) is 3.47. The molecule has 0 bridgehead atoms. The molecule has 1 atom stereocenters. The van der Waals surface area contributed by atoms with Gasteiger partial charge in [0.15, 0.2) is 0 Å². The fourth-order valence-electron chi connectivity index (χ4n) is 2.62. The molecule has 1 heterocycles. The maximum Gasteiger partial charge on any atom is 0.00640 e. The highest BCUT2D eigenvalue weighted by atomic mass is 15.1. The van der Waals surface area contributed by atoms with Gasteiger partial charge < -0.3 is 10.2 Å². The van der Waals surface area contributed by atoms with E-state index >= 15 is 0 Å². The first-order chi connectivity index (χ1) is 7.83. The van der Waals surface area contributed by atoms with Crippen molar-refractivity contribution in [3.05, 3.63) is 0 Å². The molecule has 1 rings (SSSR count). The van der Waals surface area contributed by atoms with Crippen LogP contribution in [0.1, 0.15) is 57.8 Å². The van der Waals surface area contributed by atoms with Gasteiger partial charge in [0.2, 0.25) is 0 Å². The Labute approximate surface area is 102 Å². The van der Waals surface area contributed by atoms with E-state index in [9.17, 15) is 0 Å². The molecule has 1 N–H and O–H groups in total. The fourth-order valence-corrected chi connectivity index (χ4v) is 2.62. The number of nitrogens with one attached hydrogen (secondary N) is 1. The van der Waals surface area contributed by atoms with E-state index in [1.54, 1.807) is 0 Å². The molecular formula is C14H30N2. The van der Waals surface area contributed by atoms with Crippen LogP contribution in [-0.4, -0.2) is 38.1 Å². The van der Waals surface area contributed by atoms with E-state index in [1.165, 1.54) is 70.9 Å². The number of hydrogen-bond acceptors (Lipinski definition) is 2. The first-order valence-corrected chi connectivity index (χ1v) is 7.18. The van der Waals surface area contributed by atoms with Crippen molar-refractivity contribution in [2.24, 2.45) is 0 Å². The van der Waals surface area contributed by atoms with Crippen LogP contribution in [0.4, 0.5) is 0 Å². The topological polar surface area (TPSA) is 15.3 Å². The van der Waals surface area contributed by atoms with E-state index in [1.807, 2.05) is 0 Å². The average Bonchev–Trinajstić information content (AvgIpc) is 2.31. The molecule has 0 aromatic carbocycles. The Bertz CT molecular complexity index is 159. The molecule has 96 valence electrons. The van der Waals surface area contributed by atoms with Gasteiger partial charge in [0, 0.05) is 6.04 Å². The molecule has 0 radical (unpaired) electrons. The van der Waals surface area contributed by atoms with Gasteiger partial charge in [-0.15, -0.1) is 0 Å². The van der Waals surface area contributed by atoms with Crippen LogP contribution >= 0.6 is 0 Å². The van der Waals surface area contributed by atoms with Crippen LogP contribution in [0.15, 0.2) is 0 Å². The summed E-state index contributed by atoms with van der Waals surface area (Å²) in [6.45, 7) is 2.60. The molecule has 1 aliphatic rings. The number of hydrogen-bond donors (Lipinski definition) is 1. The Kier molecular flexibility index (Phi) is 7.87. The number of nitrogens with zero attached hydrogens (tertiary/aromatic N) is 1.